The molecule has 0 bridgehead atoms. The minimum absolute atomic E-state index is 0.0984. The summed E-state index contributed by atoms with van der Waals surface area (Å²) in [5, 5.41) is 9.24. The average Bonchev–Trinajstić information content (AvgIpc) is 2.87. The number of carbonyl (C=O) groups is 1. The normalized spacial score (nSPS) is 23.1. The van der Waals surface area contributed by atoms with Crippen molar-refractivity contribution in [3.8, 4) is 11.5 Å². The third-order valence-electron chi connectivity index (χ3n) is 6.59. The van der Waals surface area contributed by atoms with Crippen LogP contribution >= 0.6 is 0 Å². The van der Waals surface area contributed by atoms with Crippen molar-refractivity contribution in [2.45, 2.75) is 38.0 Å². The SMILES string of the molecule is COc1cc(C2CN(c3cncc(OC[C@H]4CC[C@H](C(F)(F)F)CC4)c3)CCO2)cnc1C(=O)O. The largest absolute Gasteiger partial charge is 0.494 e. The van der Waals surface area contributed by atoms with E-state index in [-0.39, 0.29) is 36.3 Å². The van der Waals surface area contributed by atoms with Gasteiger partial charge in [0.2, 0.25) is 0 Å². The number of carboxylic acid groups (broad SMARTS) is 1. The van der Waals surface area contributed by atoms with E-state index >= 15 is 0 Å². The molecule has 190 valence electrons. The van der Waals surface area contributed by atoms with Crippen LogP contribution in [0.4, 0.5) is 18.9 Å². The van der Waals surface area contributed by atoms with Crippen molar-refractivity contribution < 1.29 is 37.3 Å². The van der Waals surface area contributed by atoms with Crippen molar-refractivity contribution in [2.75, 3.05) is 38.3 Å². The summed E-state index contributed by atoms with van der Waals surface area (Å²) in [6.07, 6.45) is 1.64. The van der Waals surface area contributed by atoms with Gasteiger partial charge in [0.05, 0.1) is 44.3 Å². The molecule has 0 aromatic carbocycles. The summed E-state index contributed by atoms with van der Waals surface area (Å²) in [5.41, 5.74) is 1.37. The molecule has 2 fully saturated rings. The smallest absolute Gasteiger partial charge is 0.391 e. The van der Waals surface area contributed by atoms with E-state index in [2.05, 4.69) is 14.9 Å². The van der Waals surface area contributed by atoms with Crippen LogP contribution in [0.5, 0.6) is 11.5 Å². The monoisotopic (exact) mass is 495 g/mol. The predicted molar refractivity (Wildman–Crippen MR) is 120 cm³/mol. The highest BCUT2D eigenvalue weighted by molar-refractivity contribution is 5.88. The molecule has 3 heterocycles. The zero-order chi connectivity index (χ0) is 25.0. The zero-order valence-corrected chi connectivity index (χ0v) is 19.3. The Balaban J connectivity index is 1.36. The van der Waals surface area contributed by atoms with Crippen molar-refractivity contribution in [3.63, 3.8) is 0 Å². The summed E-state index contributed by atoms with van der Waals surface area (Å²) < 4.78 is 55.6. The lowest BCUT2D eigenvalue weighted by atomic mass is 9.82. The third-order valence-corrected chi connectivity index (χ3v) is 6.59. The van der Waals surface area contributed by atoms with Crippen LogP contribution in [0.15, 0.2) is 30.7 Å². The number of anilines is 1. The maximum Gasteiger partial charge on any atom is 0.391 e. The number of aromatic nitrogens is 2. The van der Waals surface area contributed by atoms with Crippen LogP contribution in [0, 0.1) is 11.8 Å². The van der Waals surface area contributed by atoms with Gasteiger partial charge in [0.25, 0.3) is 0 Å². The topological polar surface area (TPSA) is 94.0 Å². The number of hydrogen-bond acceptors (Lipinski definition) is 7. The standard InChI is InChI=1S/C24H28F3N3O5/c1-33-20-8-16(10-29-22(20)23(31)32)21-13-30(6-7-34-21)18-9-19(12-28-11-18)35-14-15-2-4-17(5-3-15)24(25,26)27/h8-12,15,17,21H,2-7,13-14H2,1H3,(H,31,32)/t15-,17-,21?. The first kappa shape index (κ1) is 25.0. The van der Waals surface area contributed by atoms with Crippen molar-refractivity contribution in [1.29, 1.82) is 0 Å². The molecular weight excluding hydrogens is 467 g/mol. The molecule has 1 saturated carbocycles. The quantitative estimate of drug-likeness (QED) is 0.600. The van der Waals surface area contributed by atoms with Crippen molar-refractivity contribution in [3.05, 3.63) is 42.0 Å². The van der Waals surface area contributed by atoms with Crippen LogP contribution in [-0.4, -0.2) is 60.6 Å². The van der Waals surface area contributed by atoms with Gasteiger partial charge in [0.15, 0.2) is 11.4 Å². The Labute approximate surface area is 201 Å². The second-order valence-corrected chi connectivity index (χ2v) is 8.88. The lowest BCUT2D eigenvalue weighted by Crippen LogP contribution is -2.38. The molecule has 2 aromatic heterocycles. The molecule has 2 aromatic rings. The molecule has 0 spiro atoms. The van der Waals surface area contributed by atoms with Crippen LogP contribution in [0.1, 0.15) is 47.8 Å². The van der Waals surface area contributed by atoms with E-state index in [0.717, 1.165) is 5.69 Å². The minimum Gasteiger partial charge on any atom is -0.494 e. The highest BCUT2D eigenvalue weighted by atomic mass is 19.4. The van der Waals surface area contributed by atoms with E-state index in [1.54, 1.807) is 18.5 Å². The van der Waals surface area contributed by atoms with Gasteiger partial charge < -0.3 is 24.2 Å². The van der Waals surface area contributed by atoms with E-state index in [0.29, 0.717) is 50.5 Å². The lowest BCUT2D eigenvalue weighted by Gasteiger charge is -2.34. The zero-order valence-electron chi connectivity index (χ0n) is 19.3. The van der Waals surface area contributed by atoms with Crippen LogP contribution in [0.2, 0.25) is 0 Å². The van der Waals surface area contributed by atoms with Gasteiger partial charge in [0.1, 0.15) is 11.9 Å². The number of hydrogen-bond donors (Lipinski definition) is 1. The molecule has 11 heteroatoms. The second kappa shape index (κ2) is 10.7. The fraction of sp³-hybridized carbons (Fsp3) is 0.542. The molecule has 0 radical (unpaired) electrons. The fourth-order valence-electron chi connectivity index (χ4n) is 4.57. The number of nitrogens with zero attached hydrogens (tertiary/aromatic N) is 3. The Morgan fingerprint density at radius 3 is 2.66 bits per heavy atom. The number of halogens is 3. The number of methoxy groups -OCH3 is 1. The first-order valence-corrected chi connectivity index (χ1v) is 11.5. The summed E-state index contributed by atoms with van der Waals surface area (Å²) in [6, 6.07) is 3.49. The lowest BCUT2D eigenvalue weighted by molar-refractivity contribution is -0.184. The molecular formula is C24H28F3N3O5. The van der Waals surface area contributed by atoms with Gasteiger partial charge in [-0.1, -0.05) is 0 Å². The van der Waals surface area contributed by atoms with E-state index < -0.39 is 18.1 Å². The van der Waals surface area contributed by atoms with Gasteiger partial charge in [-0.15, -0.1) is 0 Å². The fourth-order valence-corrected chi connectivity index (χ4v) is 4.57. The number of aromatic carboxylic acids is 1. The van der Waals surface area contributed by atoms with Gasteiger partial charge in [0, 0.05) is 30.9 Å². The van der Waals surface area contributed by atoms with E-state index in [9.17, 15) is 23.1 Å². The van der Waals surface area contributed by atoms with Crippen LogP contribution in [-0.2, 0) is 4.74 Å². The van der Waals surface area contributed by atoms with Crippen LogP contribution in [0.25, 0.3) is 0 Å². The second-order valence-electron chi connectivity index (χ2n) is 8.88. The van der Waals surface area contributed by atoms with Crippen molar-refractivity contribution >= 4 is 11.7 Å². The number of alkyl halides is 3. The molecule has 1 aliphatic heterocycles. The van der Waals surface area contributed by atoms with Gasteiger partial charge in [-0.25, -0.2) is 9.78 Å². The van der Waals surface area contributed by atoms with E-state index in [1.165, 1.54) is 13.3 Å². The summed E-state index contributed by atoms with van der Waals surface area (Å²) in [6.45, 7) is 1.93. The maximum absolute atomic E-state index is 12.9. The summed E-state index contributed by atoms with van der Waals surface area (Å²) in [7, 11) is 1.39. The molecule has 35 heavy (non-hydrogen) atoms. The number of carboxylic acids is 1. The molecule has 1 saturated heterocycles. The first-order valence-electron chi connectivity index (χ1n) is 11.5. The summed E-state index contributed by atoms with van der Waals surface area (Å²) >= 11 is 0. The number of rotatable bonds is 7. The molecule has 8 nitrogen and oxygen atoms in total. The number of ether oxygens (including phenoxy) is 3. The summed E-state index contributed by atoms with van der Waals surface area (Å²) in [5.74, 6) is -1.54. The number of morpholine rings is 1. The average molecular weight is 495 g/mol. The Bertz CT molecular complexity index is 1030. The molecule has 1 N–H and O–H groups in total. The minimum atomic E-state index is -4.11. The van der Waals surface area contributed by atoms with Gasteiger partial charge >= 0.3 is 12.1 Å². The Morgan fingerprint density at radius 2 is 1.97 bits per heavy atom. The third kappa shape index (κ3) is 6.14. The summed E-state index contributed by atoms with van der Waals surface area (Å²) in [4.78, 5) is 21.7. The molecule has 1 unspecified atom stereocenters. The number of pyridine rings is 2. The molecule has 2 aliphatic rings. The van der Waals surface area contributed by atoms with Crippen LogP contribution in [0.3, 0.4) is 0 Å². The maximum atomic E-state index is 12.9. The van der Waals surface area contributed by atoms with Gasteiger partial charge in [-0.3, -0.25) is 4.98 Å². The highest BCUT2D eigenvalue weighted by Gasteiger charge is 2.41. The van der Waals surface area contributed by atoms with Crippen molar-refractivity contribution in [1.82, 2.24) is 9.97 Å². The Morgan fingerprint density at radius 1 is 1.20 bits per heavy atom. The Hall–Kier alpha value is -3.08. The molecule has 1 atom stereocenters. The van der Waals surface area contributed by atoms with E-state index in [4.69, 9.17) is 14.2 Å². The highest BCUT2D eigenvalue weighted by Crippen LogP contribution is 2.39. The van der Waals surface area contributed by atoms with Crippen LogP contribution < -0.4 is 14.4 Å². The Kier molecular flexibility index (Phi) is 7.63. The predicted octanol–water partition coefficient (Wildman–Crippen LogP) is 4.51. The van der Waals surface area contributed by atoms with E-state index in [1.807, 2.05) is 6.07 Å². The van der Waals surface area contributed by atoms with Crippen molar-refractivity contribution in [2.24, 2.45) is 11.8 Å². The van der Waals surface area contributed by atoms with Gasteiger partial charge in [-0.05, 0) is 37.7 Å². The molecule has 0 amide bonds. The van der Waals surface area contributed by atoms with Gasteiger partial charge in [-0.2, -0.15) is 13.2 Å². The molecule has 1 aliphatic carbocycles. The first-order chi connectivity index (χ1) is 16.7. The molecule has 4 rings (SSSR count).